The van der Waals surface area contributed by atoms with Crippen molar-refractivity contribution in [3.63, 3.8) is 0 Å². The van der Waals surface area contributed by atoms with Crippen LogP contribution in [-0.2, 0) is 14.3 Å². The molecule has 0 bridgehead atoms. The Labute approximate surface area is 130 Å². The Hall–Kier alpha value is -1.72. The van der Waals surface area contributed by atoms with Crippen molar-refractivity contribution in [2.45, 2.75) is 45.8 Å². The van der Waals surface area contributed by atoms with E-state index in [2.05, 4.69) is 0 Å². The number of aliphatic hydroxyl groups excluding tert-OH is 1. The Morgan fingerprint density at radius 1 is 1.41 bits per heavy atom. The highest BCUT2D eigenvalue weighted by Crippen LogP contribution is 2.41. The number of ether oxygens (including phenoxy) is 1. The maximum Gasteiger partial charge on any atom is 0.188 e. The minimum atomic E-state index is -1.66. The fourth-order valence-corrected chi connectivity index (χ4v) is 2.70. The minimum Gasteiger partial charge on any atom is -0.469 e. The van der Waals surface area contributed by atoms with Crippen LogP contribution >= 0.6 is 0 Å². The van der Waals surface area contributed by atoms with Crippen LogP contribution in [0.2, 0.25) is 0 Å². The molecule has 1 aliphatic heterocycles. The summed E-state index contributed by atoms with van der Waals surface area (Å²) in [6, 6.07) is 0. The van der Waals surface area contributed by atoms with Crippen LogP contribution in [0.5, 0.6) is 0 Å². The first-order valence-corrected chi connectivity index (χ1v) is 7.39. The van der Waals surface area contributed by atoms with Crippen LogP contribution in [0, 0.1) is 11.8 Å². The molecule has 5 heteroatoms. The Kier molecular flexibility index (Phi) is 4.40. The number of carbonyl (C=O) groups excluding carboxylic acids is 2. The van der Waals surface area contributed by atoms with E-state index in [4.69, 9.17) is 4.74 Å². The number of hydrogen-bond acceptors (Lipinski definition) is 5. The zero-order valence-corrected chi connectivity index (χ0v) is 13.3. The summed E-state index contributed by atoms with van der Waals surface area (Å²) in [5, 5.41) is 20.1. The maximum absolute atomic E-state index is 12.3. The van der Waals surface area contributed by atoms with Crippen LogP contribution in [0.15, 0.2) is 35.3 Å². The van der Waals surface area contributed by atoms with E-state index in [-0.39, 0.29) is 12.2 Å². The predicted molar refractivity (Wildman–Crippen MR) is 80.6 cm³/mol. The fraction of sp³-hybridized carbons (Fsp3) is 0.529. The molecular weight excluding hydrogens is 284 g/mol. The number of Topliss-reactive ketones (excluding diaryl/α,β-unsaturated/α-hetero) is 1. The van der Waals surface area contributed by atoms with Gasteiger partial charge in [-0.2, -0.15) is 0 Å². The van der Waals surface area contributed by atoms with Crippen molar-refractivity contribution in [3.8, 4) is 0 Å². The van der Waals surface area contributed by atoms with E-state index in [1.54, 1.807) is 26.8 Å². The van der Waals surface area contributed by atoms with E-state index in [9.17, 15) is 19.8 Å². The van der Waals surface area contributed by atoms with Gasteiger partial charge in [-0.1, -0.05) is 6.92 Å². The maximum atomic E-state index is 12.3. The molecule has 0 aromatic carbocycles. The summed E-state index contributed by atoms with van der Waals surface area (Å²) in [5.74, 6) is -1.21. The van der Waals surface area contributed by atoms with E-state index in [1.807, 2.05) is 0 Å². The second kappa shape index (κ2) is 5.82. The van der Waals surface area contributed by atoms with Crippen LogP contribution in [0.25, 0.3) is 0 Å². The number of ketones is 2. The molecule has 2 N–H and O–H groups in total. The van der Waals surface area contributed by atoms with Gasteiger partial charge >= 0.3 is 0 Å². The van der Waals surface area contributed by atoms with Crippen molar-refractivity contribution in [2.75, 3.05) is 0 Å². The zero-order valence-electron chi connectivity index (χ0n) is 13.3. The second-order valence-corrected chi connectivity index (χ2v) is 6.31. The highest BCUT2D eigenvalue weighted by molar-refractivity contribution is 6.01. The number of carbonyl (C=O) groups is 2. The molecule has 0 radical (unpaired) electrons. The molecule has 0 saturated carbocycles. The number of hydrogen-bond donors (Lipinski definition) is 2. The molecule has 22 heavy (non-hydrogen) atoms. The molecule has 2 aliphatic rings. The van der Waals surface area contributed by atoms with E-state index in [0.29, 0.717) is 16.9 Å². The van der Waals surface area contributed by atoms with Crippen molar-refractivity contribution in [1.82, 2.24) is 0 Å². The number of allylic oxidation sites excluding steroid dienone is 3. The largest absolute Gasteiger partial charge is 0.469 e. The lowest BCUT2D eigenvalue weighted by molar-refractivity contribution is -0.138. The Morgan fingerprint density at radius 3 is 2.64 bits per heavy atom. The quantitative estimate of drug-likeness (QED) is 0.825. The third kappa shape index (κ3) is 2.91. The van der Waals surface area contributed by atoms with Gasteiger partial charge in [0.25, 0.3) is 0 Å². The first-order chi connectivity index (χ1) is 10.1. The van der Waals surface area contributed by atoms with E-state index in [1.165, 1.54) is 19.3 Å². The van der Waals surface area contributed by atoms with Crippen molar-refractivity contribution < 1.29 is 24.5 Å². The molecule has 0 unspecified atom stereocenters. The van der Waals surface area contributed by atoms with Gasteiger partial charge in [-0.05, 0) is 38.5 Å². The van der Waals surface area contributed by atoms with Gasteiger partial charge in [-0.15, -0.1) is 0 Å². The summed E-state index contributed by atoms with van der Waals surface area (Å²) < 4.78 is 5.37. The van der Waals surface area contributed by atoms with E-state index in [0.717, 1.165) is 0 Å². The number of rotatable bonds is 4. The molecule has 0 aromatic rings. The summed E-state index contributed by atoms with van der Waals surface area (Å²) in [5.41, 5.74) is -0.351. The molecule has 0 spiro atoms. The van der Waals surface area contributed by atoms with Crippen LogP contribution in [0.4, 0.5) is 0 Å². The van der Waals surface area contributed by atoms with Gasteiger partial charge in [0.2, 0.25) is 0 Å². The molecule has 1 aliphatic carbocycles. The molecule has 2 rings (SSSR count). The van der Waals surface area contributed by atoms with Gasteiger partial charge in [-0.3, -0.25) is 9.59 Å². The second-order valence-electron chi connectivity index (χ2n) is 6.31. The van der Waals surface area contributed by atoms with Crippen molar-refractivity contribution in [2.24, 2.45) is 11.8 Å². The Bertz CT molecular complexity index is 592. The van der Waals surface area contributed by atoms with Crippen molar-refractivity contribution in [3.05, 3.63) is 35.3 Å². The molecule has 0 aromatic heterocycles. The molecular formula is C17H22O5. The first kappa shape index (κ1) is 16.6. The molecule has 0 fully saturated rings. The predicted octanol–water partition coefficient (Wildman–Crippen LogP) is 1.66. The van der Waals surface area contributed by atoms with Gasteiger partial charge in [0, 0.05) is 23.8 Å². The summed E-state index contributed by atoms with van der Waals surface area (Å²) in [4.78, 5) is 24.5. The SMILES string of the molecule is CC1=CC2=CC(=O)[C@](C)(O)[C@@H](CC(=O)[C@@H](C)[C@@H](C)O)C2=CO1. The average Bonchev–Trinajstić information content (AvgIpc) is 2.42. The van der Waals surface area contributed by atoms with Crippen LogP contribution in [0.1, 0.15) is 34.1 Å². The van der Waals surface area contributed by atoms with Crippen molar-refractivity contribution >= 4 is 11.6 Å². The molecule has 120 valence electrons. The highest BCUT2D eigenvalue weighted by atomic mass is 16.5. The monoisotopic (exact) mass is 306 g/mol. The molecule has 0 amide bonds. The van der Waals surface area contributed by atoms with Crippen molar-refractivity contribution in [1.29, 1.82) is 0 Å². The summed E-state index contributed by atoms with van der Waals surface area (Å²) in [6.45, 7) is 6.37. The van der Waals surface area contributed by atoms with Crippen LogP contribution in [-0.4, -0.2) is 33.5 Å². The lowest BCUT2D eigenvalue weighted by Crippen LogP contribution is -2.47. The van der Waals surface area contributed by atoms with E-state index >= 15 is 0 Å². The van der Waals surface area contributed by atoms with Gasteiger partial charge in [-0.25, -0.2) is 0 Å². The summed E-state index contributed by atoms with van der Waals surface area (Å²) in [7, 11) is 0. The summed E-state index contributed by atoms with van der Waals surface area (Å²) in [6.07, 6.45) is 3.80. The van der Waals surface area contributed by atoms with Gasteiger partial charge in [0.05, 0.1) is 12.4 Å². The highest BCUT2D eigenvalue weighted by Gasteiger charge is 2.46. The third-order valence-electron chi connectivity index (χ3n) is 4.54. The lowest BCUT2D eigenvalue weighted by Gasteiger charge is -2.37. The van der Waals surface area contributed by atoms with Crippen LogP contribution < -0.4 is 0 Å². The molecule has 0 saturated heterocycles. The Morgan fingerprint density at radius 2 is 2.05 bits per heavy atom. The Balaban J connectivity index is 2.35. The van der Waals surface area contributed by atoms with Gasteiger partial charge in [0.1, 0.15) is 17.1 Å². The normalized spacial score (nSPS) is 30.4. The zero-order chi connectivity index (χ0) is 16.7. The number of fused-ring (bicyclic) bond motifs is 1. The first-order valence-electron chi connectivity index (χ1n) is 7.39. The fourth-order valence-electron chi connectivity index (χ4n) is 2.70. The molecule has 1 heterocycles. The minimum absolute atomic E-state index is 0.0236. The topological polar surface area (TPSA) is 83.8 Å². The molecule has 4 atom stereocenters. The van der Waals surface area contributed by atoms with Gasteiger partial charge < -0.3 is 14.9 Å². The third-order valence-corrected chi connectivity index (χ3v) is 4.54. The summed E-state index contributed by atoms with van der Waals surface area (Å²) >= 11 is 0. The van der Waals surface area contributed by atoms with Crippen LogP contribution in [0.3, 0.4) is 0 Å². The van der Waals surface area contributed by atoms with E-state index < -0.39 is 29.3 Å². The molecule has 5 nitrogen and oxygen atoms in total. The van der Waals surface area contributed by atoms with Gasteiger partial charge in [0.15, 0.2) is 5.78 Å². The smallest absolute Gasteiger partial charge is 0.188 e. The number of aliphatic hydroxyl groups is 2. The average molecular weight is 306 g/mol. The lowest BCUT2D eigenvalue weighted by atomic mass is 9.69. The standard InChI is InChI=1S/C17H22O5/c1-9-5-12-6-16(20)17(4,21)14(13(12)8-22-9)7-15(19)10(2)11(3)18/h5-6,8,10-11,14,18,21H,7H2,1-4H3/t10-,11+,14-,17+/m0/s1.